The van der Waals surface area contributed by atoms with Crippen LogP contribution in [-0.4, -0.2) is 16.9 Å². The highest BCUT2D eigenvalue weighted by atomic mass is 19.3. The van der Waals surface area contributed by atoms with Gasteiger partial charge in [0, 0.05) is 11.9 Å². The van der Waals surface area contributed by atoms with E-state index in [0.29, 0.717) is 11.3 Å². The van der Waals surface area contributed by atoms with Gasteiger partial charge >= 0.3 is 12.3 Å². The number of ether oxygens (including phenoxy) is 2. The summed E-state index contributed by atoms with van der Waals surface area (Å²) in [6.45, 7) is 0.0941. The number of aromatic nitrogens is 1. The molecule has 0 bridgehead atoms. The van der Waals surface area contributed by atoms with E-state index in [1.165, 1.54) is 29.0 Å². The fourth-order valence-electron chi connectivity index (χ4n) is 2.85. The minimum absolute atomic E-state index is 0.0703. The number of amides is 2. The van der Waals surface area contributed by atoms with Crippen molar-refractivity contribution in [3.8, 4) is 11.5 Å². The Kier molecular flexibility index (Phi) is 4.63. The second-order valence-corrected chi connectivity index (χ2v) is 6.25. The molecular weight excluding hydrogens is 384 g/mol. The molecule has 4 rings (SSSR count). The highest BCUT2D eigenvalue weighted by Gasteiger charge is 2.43. The molecule has 1 aromatic heterocycles. The number of urea groups is 1. The van der Waals surface area contributed by atoms with E-state index in [-0.39, 0.29) is 23.7 Å². The van der Waals surface area contributed by atoms with Gasteiger partial charge in [-0.2, -0.15) is 0 Å². The Morgan fingerprint density at radius 2 is 1.72 bits per heavy atom. The first-order valence-electron chi connectivity index (χ1n) is 8.61. The molecule has 0 radical (unpaired) electrons. The zero-order chi connectivity index (χ0) is 20.4. The summed E-state index contributed by atoms with van der Waals surface area (Å²) < 4.78 is 36.4. The lowest BCUT2D eigenvalue weighted by atomic mass is 10.2. The van der Waals surface area contributed by atoms with E-state index in [0.717, 1.165) is 0 Å². The molecule has 0 aliphatic carbocycles. The molecule has 0 unspecified atom stereocenters. The molecule has 1 aliphatic heterocycles. The monoisotopic (exact) mass is 399 g/mol. The van der Waals surface area contributed by atoms with Crippen LogP contribution < -0.4 is 25.7 Å². The second-order valence-electron chi connectivity index (χ2n) is 6.25. The number of pyridine rings is 1. The lowest BCUT2D eigenvalue weighted by Crippen LogP contribution is -2.28. The van der Waals surface area contributed by atoms with Crippen LogP contribution in [0.2, 0.25) is 0 Å². The van der Waals surface area contributed by atoms with Crippen molar-refractivity contribution in [1.29, 1.82) is 0 Å². The zero-order valence-electron chi connectivity index (χ0n) is 14.9. The molecule has 0 fully saturated rings. The van der Waals surface area contributed by atoms with Crippen LogP contribution in [0, 0.1) is 0 Å². The Hall–Kier alpha value is -3.88. The van der Waals surface area contributed by atoms with E-state index in [1.807, 2.05) is 6.07 Å². The number of carbonyl (C=O) groups excluding carboxylic acids is 1. The van der Waals surface area contributed by atoms with Crippen LogP contribution in [0.25, 0.3) is 0 Å². The summed E-state index contributed by atoms with van der Waals surface area (Å²) in [5.41, 5.74) is 0.767. The molecule has 2 N–H and O–H groups in total. The number of para-hydroxylation sites is 1. The Morgan fingerprint density at radius 1 is 0.966 bits per heavy atom. The van der Waals surface area contributed by atoms with Gasteiger partial charge in [-0.15, -0.1) is 8.78 Å². The molecule has 0 saturated carbocycles. The number of carbonyl (C=O) groups is 1. The minimum atomic E-state index is -3.70. The fraction of sp³-hybridized carbons (Fsp3) is 0.100. The molecule has 2 aromatic carbocycles. The molecule has 1 aliphatic rings. The zero-order valence-corrected chi connectivity index (χ0v) is 14.9. The number of hydrogen-bond donors (Lipinski definition) is 2. The van der Waals surface area contributed by atoms with Crippen molar-refractivity contribution in [1.82, 2.24) is 4.57 Å². The molecule has 7 nitrogen and oxygen atoms in total. The van der Waals surface area contributed by atoms with Crippen LogP contribution in [0.4, 0.5) is 25.0 Å². The van der Waals surface area contributed by atoms with Gasteiger partial charge in [0.15, 0.2) is 11.5 Å². The molecule has 29 heavy (non-hydrogen) atoms. The summed E-state index contributed by atoms with van der Waals surface area (Å²) in [4.78, 5) is 24.8. The highest BCUT2D eigenvalue weighted by Crippen LogP contribution is 2.41. The first kappa shape index (κ1) is 18.5. The van der Waals surface area contributed by atoms with Crippen molar-refractivity contribution < 1.29 is 23.0 Å². The van der Waals surface area contributed by atoms with Gasteiger partial charge in [0.2, 0.25) is 0 Å². The topological polar surface area (TPSA) is 81.6 Å². The Balaban J connectivity index is 1.49. The van der Waals surface area contributed by atoms with Gasteiger partial charge in [-0.25, -0.2) is 4.79 Å². The summed E-state index contributed by atoms with van der Waals surface area (Å²) >= 11 is 0. The van der Waals surface area contributed by atoms with Gasteiger partial charge in [0.25, 0.3) is 5.56 Å². The Bertz CT molecular complexity index is 1120. The Labute approximate surface area is 163 Å². The standard InChI is InChI=1S/C20H15F2N3O4/c21-20(22)28-16-9-8-13(11-17(16)29-20)12-25-10-4-7-15(18(25)26)24-19(27)23-14-5-2-1-3-6-14/h1-11H,12H2,(H2,23,24,27). The van der Waals surface area contributed by atoms with E-state index in [2.05, 4.69) is 20.1 Å². The number of anilines is 2. The number of nitrogens with one attached hydrogen (secondary N) is 2. The van der Waals surface area contributed by atoms with E-state index in [4.69, 9.17) is 0 Å². The summed E-state index contributed by atoms with van der Waals surface area (Å²) in [5, 5.41) is 5.13. The van der Waals surface area contributed by atoms with Gasteiger partial charge in [-0.3, -0.25) is 4.79 Å². The van der Waals surface area contributed by atoms with Crippen LogP contribution in [0.1, 0.15) is 5.56 Å². The van der Waals surface area contributed by atoms with Gasteiger partial charge in [0.1, 0.15) is 5.69 Å². The molecule has 3 aromatic rings. The minimum Gasteiger partial charge on any atom is -0.395 e. The van der Waals surface area contributed by atoms with Crippen LogP contribution in [0.3, 0.4) is 0 Å². The fourth-order valence-corrected chi connectivity index (χ4v) is 2.85. The summed E-state index contributed by atoms with van der Waals surface area (Å²) in [7, 11) is 0. The molecule has 148 valence electrons. The molecule has 0 atom stereocenters. The van der Waals surface area contributed by atoms with Gasteiger partial charge in [0.05, 0.1) is 6.54 Å². The summed E-state index contributed by atoms with van der Waals surface area (Å²) in [6.07, 6.45) is -2.17. The first-order valence-corrected chi connectivity index (χ1v) is 8.61. The van der Waals surface area contributed by atoms with Crippen molar-refractivity contribution in [2.24, 2.45) is 0 Å². The molecule has 2 amide bonds. The second kappa shape index (κ2) is 7.27. The van der Waals surface area contributed by atoms with Crippen molar-refractivity contribution in [2.75, 3.05) is 10.6 Å². The van der Waals surface area contributed by atoms with Crippen molar-refractivity contribution in [3.63, 3.8) is 0 Å². The lowest BCUT2D eigenvalue weighted by molar-refractivity contribution is -0.286. The number of nitrogens with zero attached hydrogens (tertiary/aromatic N) is 1. The summed E-state index contributed by atoms with van der Waals surface area (Å²) in [6, 6.07) is 15.6. The van der Waals surface area contributed by atoms with Crippen molar-refractivity contribution in [2.45, 2.75) is 12.8 Å². The van der Waals surface area contributed by atoms with E-state index < -0.39 is 17.9 Å². The van der Waals surface area contributed by atoms with Crippen LogP contribution >= 0.6 is 0 Å². The third kappa shape index (κ3) is 4.18. The van der Waals surface area contributed by atoms with Gasteiger partial charge in [-0.05, 0) is 42.0 Å². The van der Waals surface area contributed by atoms with Crippen molar-refractivity contribution >= 4 is 17.4 Å². The summed E-state index contributed by atoms with van der Waals surface area (Å²) in [5.74, 6) is -0.170. The normalized spacial score (nSPS) is 13.7. The first-order chi connectivity index (χ1) is 13.9. The molecular formula is C20H15F2N3O4. The number of alkyl halides is 2. The lowest BCUT2D eigenvalue weighted by Gasteiger charge is -2.10. The van der Waals surface area contributed by atoms with Crippen LogP contribution in [0.15, 0.2) is 71.7 Å². The van der Waals surface area contributed by atoms with E-state index in [1.54, 1.807) is 36.4 Å². The predicted octanol–water partition coefficient (Wildman–Crippen LogP) is 3.86. The quantitative estimate of drug-likeness (QED) is 0.698. The van der Waals surface area contributed by atoms with Crippen LogP contribution in [0.5, 0.6) is 11.5 Å². The van der Waals surface area contributed by atoms with Crippen LogP contribution in [-0.2, 0) is 6.54 Å². The Morgan fingerprint density at radius 3 is 2.52 bits per heavy atom. The largest absolute Gasteiger partial charge is 0.586 e. The third-order valence-corrected chi connectivity index (χ3v) is 4.12. The molecule has 0 spiro atoms. The number of hydrogen-bond acceptors (Lipinski definition) is 4. The average molecular weight is 399 g/mol. The maximum Gasteiger partial charge on any atom is 0.586 e. The highest BCUT2D eigenvalue weighted by molar-refractivity contribution is 5.99. The number of fused-ring (bicyclic) bond motifs is 1. The predicted molar refractivity (Wildman–Crippen MR) is 102 cm³/mol. The molecule has 0 saturated heterocycles. The van der Waals surface area contributed by atoms with E-state index >= 15 is 0 Å². The van der Waals surface area contributed by atoms with Crippen molar-refractivity contribution in [3.05, 3.63) is 82.8 Å². The van der Waals surface area contributed by atoms with E-state index in [9.17, 15) is 18.4 Å². The molecule has 9 heteroatoms. The van der Waals surface area contributed by atoms with Gasteiger partial charge < -0.3 is 24.7 Å². The number of halogens is 2. The van der Waals surface area contributed by atoms with Gasteiger partial charge in [-0.1, -0.05) is 24.3 Å². The molecule has 2 heterocycles. The maximum atomic E-state index is 13.1. The SMILES string of the molecule is O=C(Nc1ccccc1)Nc1cccn(Cc2ccc3c(c2)OC(F)(F)O3)c1=O. The average Bonchev–Trinajstić information content (AvgIpc) is 2.99. The maximum absolute atomic E-state index is 13.1. The number of benzene rings is 2. The smallest absolute Gasteiger partial charge is 0.395 e. The number of rotatable bonds is 4. The third-order valence-electron chi connectivity index (χ3n) is 4.12.